The third-order valence-electron chi connectivity index (χ3n) is 4.70. The van der Waals surface area contributed by atoms with Gasteiger partial charge >= 0.3 is 0 Å². The minimum Gasteiger partial charge on any atom is -0.496 e. The number of ether oxygens (including phenoxy) is 1. The average molecular weight is 355 g/mol. The topological polar surface area (TPSA) is 51.4 Å². The molecular weight excluding hydrogens is 334 g/mol. The maximum absolute atomic E-state index is 5.91. The fourth-order valence-corrected chi connectivity index (χ4v) is 3.96. The van der Waals surface area contributed by atoms with Gasteiger partial charge in [0, 0.05) is 18.0 Å². The molecule has 0 amide bonds. The van der Waals surface area contributed by atoms with Crippen LogP contribution in [0.25, 0.3) is 10.8 Å². The first-order valence-electron chi connectivity index (χ1n) is 8.55. The van der Waals surface area contributed by atoms with Gasteiger partial charge in [-0.2, -0.15) is 0 Å². The second-order valence-corrected chi connectivity index (χ2v) is 7.23. The van der Waals surface area contributed by atoms with Crippen molar-refractivity contribution in [2.75, 3.05) is 20.2 Å². The van der Waals surface area contributed by atoms with E-state index in [-0.39, 0.29) is 0 Å². The minimum atomic E-state index is 0.357. The second kappa shape index (κ2) is 7.37. The van der Waals surface area contributed by atoms with Crippen molar-refractivity contribution in [3.05, 3.63) is 53.2 Å². The number of likely N-dealkylation sites (tertiary alicyclic amines) is 1. The quantitative estimate of drug-likeness (QED) is 0.687. The summed E-state index contributed by atoms with van der Waals surface area (Å²) in [6, 6.07) is 12.2. The third kappa shape index (κ3) is 3.60. The number of methoxy groups -OCH3 is 1. The molecule has 0 N–H and O–H groups in total. The summed E-state index contributed by atoms with van der Waals surface area (Å²) in [6.45, 7) is 2.97. The molecular formula is C19H21N3O2S. The first-order valence-corrected chi connectivity index (χ1v) is 9.43. The molecule has 1 aliphatic rings. The van der Waals surface area contributed by atoms with Gasteiger partial charge in [0.15, 0.2) is 0 Å². The first-order chi connectivity index (χ1) is 12.3. The fraction of sp³-hybridized carbons (Fsp3) is 0.368. The van der Waals surface area contributed by atoms with E-state index in [2.05, 4.69) is 27.2 Å². The first kappa shape index (κ1) is 16.3. The Morgan fingerprint density at radius 3 is 2.76 bits per heavy atom. The molecule has 3 aromatic rings. The van der Waals surface area contributed by atoms with Crippen molar-refractivity contribution in [3.8, 4) is 16.5 Å². The summed E-state index contributed by atoms with van der Waals surface area (Å²) in [5.74, 6) is 2.74. The number of para-hydroxylation sites is 1. The average Bonchev–Trinajstić information content (AvgIpc) is 3.34. The number of benzene rings is 1. The molecule has 0 aliphatic carbocycles. The Bertz CT molecular complexity index is 808. The van der Waals surface area contributed by atoms with Crippen molar-refractivity contribution < 1.29 is 9.15 Å². The molecule has 130 valence electrons. The Balaban J connectivity index is 1.37. The van der Waals surface area contributed by atoms with Crippen molar-refractivity contribution in [2.24, 2.45) is 0 Å². The monoisotopic (exact) mass is 355 g/mol. The Morgan fingerprint density at radius 1 is 1.16 bits per heavy atom. The van der Waals surface area contributed by atoms with Crippen LogP contribution in [0, 0.1) is 0 Å². The zero-order valence-corrected chi connectivity index (χ0v) is 15.0. The van der Waals surface area contributed by atoms with Gasteiger partial charge in [-0.1, -0.05) is 24.3 Å². The summed E-state index contributed by atoms with van der Waals surface area (Å²) in [5.41, 5.74) is 1.24. The molecule has 1 aromatic carbocycles. The smallest absolute Gasteiger partial charge is 0.257 e. The van der Waals surface area contributed by atoms with Crippen LogP contribution < -0.4 is 4.74 Å². The van der Waals surface area contributed by atoms with Crippen LogP contribution >= 0.6 is 11.3 Å². The summed E-state index contributed by atoms with van der Waals surface area (Å²) in [7, 11) is 1.73. The van der Waals surface area contributed by atoms with Crippen molar-refractivity contribution in [3.63, 3.8) is 0 Å². The van der Waals surface area contributed by atoms with E-state index in [1.807, 2.05) is 29.6 Å². The molecule has 3 heterocycles. The molecule has 1 aliphatic heterocycles. The van der Waals surface area contributed by atoms with Crippen molar-refractivity contribution >= 4 is 11.3 Å². The normalized spacial score (nSPS) is 16.2. The molecule has 0 unspecified atom stereocenters. The molecule has 1 fully saturated rings. The number of aromatic nitrogens is 2. The highest BCUT2D eigenvalue weighted by Gasteiger charge is 2.25. The minimum absolute atomic E-state index is 0.357. The molecule has 0 saturated carbocycles. The third-order valence-corrected chi connectivity index (χ3v) is 5.55. The summed E-state index contributed by atoms with van der Waals surface area (Å²) in [4.78, 5) is 3.50. The number of hydrogen-bond donors (Lipinski definition) is 0. The van der Waals surface area contributed by atoms with Gasteiger partial charge < -0.3 is 9.15 Å². The number of nitrogens with zero attached hydrogens (tertiary/aromatic N) is 3. The number of piperidine rings is 1. The number of thiophene rings is 1. The van der Waals surface area contributed by atoms with E-state index >= 15 is 0 Å². The van der Waals surface area contributed by atoms with Gasteiger partial charge in [0.05, 0.1) is 12.0 Å². The van der Waals surface area contributed by atoms with E-state index in [0.717, 1.165) is 49.0 Å². The second-order valence-electron chi connectivity index (χ2n) is 6.29. The molecule has 6 heteroatoms. The molecule has 1 saturated heterocycles. The molecule has 25 heavy (non-hydrogen) atoms. The van der Waals surface area contributed by atoms with Crippen LogP contribution in [0.5, 0.6) is 5.75 Å². The predicted octanol–water partition coefficient (Wildman–Crippen LogP) is 4.19. The zero-order chi connectivity index (χ0) is 17.1. The number of rotatable bonds is 5. The standard InChI is InChI=1S/C19H21N3O2S/c1-23-16-6-3-2-5-15(16)13-22-10-8-14(9-11-22)18-20-21-19(24-18)17-7-4-12-25-17/h2-7,12,14H,8-11,13H2,1H3. The molecule has 4 rings (SSSR count). The van der Waals surface area contributed by atoms with Crippen LogP contribution in [0.1, 0.15) is 30.2 Å². The van der Waals surface area contributed by atoms with Crippen molar-refractivity contribution in [1.82, 2.24) is 15.1 Å². The lowest BCUT2D eigenvalue weighted by molar-refractivity contribution is 0.191. The zero-order valence-electron chi connectivity index (χ0n) is 14.2. The Morgan fingerprint density at radius 2 is 2.00 bits per heavy atom. The van der Waals surface area contributed by atoms with Gasteiger partial charge in [-0.15, -0.1) is 21.5 Å². The van der Waals surface area contributed by atoms with Crippen LogP contribution in [0.4, 0.5) is 0 Å². The summed E-state index contributed by atoms with van der Waals surface area (Å²) >= 11 is 1.62. The van der Waals surface area contributed by atoms with Crippen LogP contribution in [-0.4, -0.2) is 35.3 Å². The maximum atomic E-state index is 5.91. The van der Waals surface area contributed by atoms with Crippen LogP contribution in [-0.2, 0) is 6.54 Å². The Labute approximate surface area is 151 Å². The lowest BCUT2D eigenvalue weighted by Crippen LogP contribution is -2.32. The predicted molar refractivity (Wildman–Crippen MR) is 97.9 cm³/mol. The summed E-state index contributed by atoms with van der Waals surface area (Å²) in [5, 5.41) is 10.5. The van der Waals surface area contributed by atoms with Crippen molar-refractivity contribution in [2.45, 2.75) is 25.3 Å². The highest BCUT2D eigenvalue weighted by Crippen LogP contribution is 2.31. The van der Waals surface area contributed by atoms with Gasteiger partial charge in [-0.25, -0.2) is 0 Å². The Hall–Kier alpha value is -2.18. The Kier molecular flexibility index (Phi) is 4.81. The molecule has 0 spiro atoms. The molecule has 5 nitrogen and oxygen atoms in total. The van der Waals surface area contributed by atoms with Gasteiger partial charge in [0.2, 0.25) is 5.89 Å². The van der Waals surface area contributed by atoms with Crippen molar-refractivity contribution in [1.29, 1.82) is 0 Å². The SMILES string of the molecule is COc1ccccc1CN1CCC(c2nnc(-c3cccs3)o2)CC1. The molecule has 0 atom stereocenters. The maximum Gasteiger partial charge on any atom is 0.257 e. The fourth-order valence-electron chi connectivity index (χ4n) is 3.31. The number of hydrogen-bond acceptors (Lipinski definition) is 6. The van der Waals surface area contributed by atoms with E-state index in [4.69, 9.17) is 9.15 Å². The highest BCUT2D eigenvalue weighted by molar-refractivity contribution is 7.13. The lowest BCUT2D eigenvalue weighted by Gasteiger charge is -2.30. The van der Waals surface area contributed by atoms with Gasteiger partial charge in [-0.3, -0.25) is 4.90 Å². The van der Waals surface area contributed by atoms with Gasteiger partial charge in [0.25, 0.3) is 5.89 Å². The molecule has 2 aromatic heterocycles. The highest BCUT2D eigenvalue weighted by atomic mass is 32.1. The molecule has 0 bridgehead atoms. The van der Waals surface area contributed by atoms with Crippen LogP contribution in [0.2, 0.25) is 0 Å². The molecule has 0 radical (unpaired) electrons. The van der Waals surface area contributed by atoms with E-state index in [0.29, 0.717) is 11.8 Å². The van der Waals surface area contributed by atoms with E-state index in [9.17, 15) is 0 Å². The van der Waals surface area contributed by atoms with Gasteiger partial charge in [0.1, 0.15) is 5.75 Å². The van der Waals surface area contributed by atoms with E-state index < -0.39 is 0 Å². The van der Waals surface area contributed by atoms with Gasteiger partial charge in [-0.05, 0) is 43.4 Å². The lowest BCUT2D eigenvalue weighted by atomic mass is 9.96. The van der Waals surface area contributed by atoms with Crippen LogP contribution in [0.15, 0.2) is 46.2 Å². The van der Waals surface area contributed by atoms with Crippen LogP contribution in [0.3, 0.4) is 0 Å². The van der Waals surface area contributed by atoms with E-state index in [1.165, 1.54) is 5.56 Å². The summed E-state index contributed by atoms with van der Waals surface area (Å²) < 4.78 is 11.4. The van der Waals surface area contributed by atoms with E-state index in [1.54, 1.807) is 18.4 Å². The summed E-state index contributed by atoms with van der Waals surface area (Å²) in [6.07, 6.45) is 2.09. The largest absolute Gasteiger partial charge is 0.496 e.